The first-order valence-corrected chi connectivity index (χ1v) is 5.73. The summed E-state index contributed by atoms with van der Waals surface area (Å²) in [6.07, 6.45) is 1.63. The number of carbonyl (C=O) groups excluding carboxylic acids is 2. The molecule has 6 nitrogen and oxygen atoms in total. The van der Waals surface area contributed by atoms with Crippen LogP contribution in [-0.2, 0) is 18.3 Å². The quantitative estimate of drug-likeness (QED) is 0.845. The van der Waals surface area contributed by atoms with Crippen molar-refractivity contribution < 1.29 is 9.59 Å². The molecule has 0 aliphatic rings. The van der Waals surface area contributed by atoms with Crippen molar-refractivity contribution >= 4 is 17.5 Å². The summed E-state index contributed by atoms with van der Waals surface area (Å²) in [4.78, 5) is 23.0. The van der Waals surface area contributed by atoms with Gasteiger partial charge in [0.2, 0.25) is 5.91 Å². The molecule has 0 radical (unpaired) electrons. The Morgan fingerprint density at radius 1 is 1.32 bits per heavy atom. The fourth-order valence-electron chi connectivity index (χ4n) is 1.77. The van der Waals surface area contributed by atoms with Crippen LogP contribution in [0.3, 0.4) is 0 Å². The largest absolute Gasteiger partial charge is 0.369 e. The van der Waals surface area contributed by atoms with Gasteiger partial charge in [0.1, 0.15) is 5.69 Å². The van der Waals surface area contributed by atoms with Gasteiger partial charge in [0.25, 0.3) is 5.91 Å². The molecule has 0 atom stereocenters. The maximum Gasteiger partial charge on any atom is 0.273 e. The van der Waals surface area contributed by atoms with E-state index in [9.17, 15) is 9.59 Å². The van der Waals surface area contributed by atoms with Gasteiger partial charge in [-0.2, -0.15) is 5.10 Å². The lowest BCUT2D eigenvalue weighted by Gasteiger charge is -2.09. The van der Waals surface area contributed by atoms with E-state index in [1.165, 1.54) is 4.68 Å². The first-order chi connectivity index (χ1) is 9.08. The molecule has 0 saturated heterocycles. The second kappa shape index (κ2) is 5.34. The van der Waals surface area contributed by atoms with Gasteiger partial charge >= 0.3 is 0 Å². The average molecular weight is 258 g/mol. The standard InChI is InChI=1S/C13H14N4O2/c1-17-11(6-7-15-17)13(19)16-10-5-3-2-4-9(10)8-12(14)18/h2-7H,8H2,1H3,(H2,14,18)(H,16,19). The Labute approximate surface area is 110 Å². The third-order valence-corrected chi connectivity index (χ3v) is 2.68. The average Bonchev–Trinajstić information content (AvgIpc) is 2.77. The number of carbonyl (C=O) groups is 2. The van der Waals surface area contributed by atoms with Crippen molar-refractivity contribution in [2.24, 2.45) is 12.8 Å². The van der Waals surface area contributed by atoms with Crippen molar-refractivity contribution in [1.82, 2.24) is 9.78 Å². The number of primary amides is 1. The Balaban J connectivity index is 2.22. The number of benzene rings is 1. The van der Waals surface area contributed by atoms with Crippen molar-refractivity contribution in [2.45, 2.75) is 6.42 Å². The summed E-state index contributed by atoms with van der Waals surface area (Å²) >= 11 is 0. The van der Waals surface area contributed by atoms with Crippen LogP contribution in [0.15, 0.2) is 36.5 Å². The third kappa shape index (κ3) is 2.98. The number of nitrogens with two attached hydrogens (primary N) is 1. The molecule has 2 amide bonds. The summed E-state index contributed by atoms with van der Waals surface area (Å²) in [6.45, 7) is 0. The molecule has 2 aromatic rings. The molecule has 1 aromatic heterocycles. The molecule has 19 heavy (non-hydrogen) atoms. The number of para-hydroxylation sites is 1. The number of hydrogen-bond acceptors (Lipinski definition) is 3. The number of aromatic nitrogens is 2. The summed E-state index contributed by atoms with van der Waals surface area (Å²) in [5, 5.41) is 6.68. The lowest BCUT2D eigenvalue weighted by molar-refractivity contribution is -0.117. The minimum Gasteiger partial charge on any atom is -0.369 e. The van der Waals surface area contributed by atoms with Gasteiger partial charge in [-0.3, -0.25) is 14.3 Å². The molecule has 0 fully saturated rings. The van der Waals surface area contributed by atoms with Gasteiger partial charge in [0.05, 0.1) is 6.42 Å². The van der Waals surface area contributed by atoms with Crippen molar-refractivity contribution in [1.29, 1.82) is 0 Å². The Bertz CT molecular complexity index is 619. The Morgan fingerprint density at radius 3 is 2.68 bits per heavy atom. The van der Waals surface area contributed by atoms with E-state index >= 15 is 0 Å². The molecule has 1 aromatic carbocycles. The molecule has 2 rings (SSSR count). The number of hydrogen-bond donors (Lipinski definition) is 2. The van der Waals surface area contributed by atoms with Crippen LogP contribution < -0.4 is 11.1 Å². The zero-order valence-electron chi connectivity index (χ0n) is 10.5. The number of amides is 2. The van der Waals surface area contributed by atoms with Gasteiger partial charge in [-0.1, -0.05) is 18.2 Å². The molecule has 98 valence electrons. The normalized spacial score (nSPS) is 10.2. The molecule has 0 unspecified atom stereocenters. The van der Waals surface area contributed by atoms with Crippen LogP contribution in [0.4, 0.5) is 5.69 Å². The number of nitrogens with zero attached hydrogens (tertiary/aromatic N) is 2. The van der Waals surface area contributed by atoms with Gasteiger partial charge in [0.15, 0.2) is 0 Å². The summed E-state index contributed by atoms with van der Waals surface area (Å²) < 4.78 is 1.48. The van der Waals surface area contributed by atoms with Crippen LogP contribution >= 0.6 is 0 Å². The van der Waals surface area contributed by atoms with E-state index in [1.807, 2.05) is 0 Å². The first-order valence-electron chi connectivity index (χ1n) is 5.73. The van der Waals surface area contributed by atoms with Gasteiger partial charge in [-0.05, 0) is 17.7 Å². The minimum absolute atomic E-state index is 0.0852. The highest BCUT2D eigenvalue weighted by Gasteiger charge is 2.12. The van der Waals surface area contributed by atoms with Crippen LogP contribution in [0.5, 0.6) is 0 Å². The summed E-state index contributed by atoms with van der Waals surface area (Å²) in [7, 11) is 1.68. The predicted octanol–water partition coefficient (Wildman–Crippen LogP) is 0.700. The summed E-state index contributed by atoms with van der Waals surface area (Å²) in [5.41, 5.74) is 6.88. The molecule has 0 aliphatic heterocycles. The van der Waals surface area contributed by atoms with Crippen molar-refractivity contribution in [3.63, 3.8) is 0 Å². The van der Waals surface area contributed by atoms with Crippen molar-refractivity contribution in [2.75, 3.05) is 5.32 Å². The van der Waals surface area contributed by atoms with Gasteiger partial charge in [-0.25, -0.2) is 0 Å². The Kier molecular flexibility index (Phi) is 3.61. The van der Waals surface area contributed by atoms with Crippen LogP contribution in [0.25, 0.3) is 0 Å². The lowest BCUT2D eigenvalue weighted by Crippen LogP contribution is -2.19. The molecular formula is C13H14N4O2. The molecule has 6 heteroatoms. The minimum atomic E-state index is -0.442. The fourth-order valence-corrected chi connectivity index (χ4v) is 1.77. The lowest BCUT2D eigenvalue weighted by atomic mass is 10.1. The maximum absolute atomic E-state index is 12.0. The van der Waals surface area contributed by atoms with Crippen LogP contribution in [0.2, 0.25) is 0 Å². The summed E-state index contributed by atoms with van der Waals surface area (Å²) in [6, 6.07) is 8.67. The maximum atomic E-state index is 12.0. The Hall–Kier alpha value is -2.63. The fraction of sp³-hybridized carbons (Fsp3) is 0.154. The van der Waals surface area contributed by atoms with E-state index in [0.717, 1.165) is 0 Å². The van der Waals surface area contributed by atoms with E-state index in [2.05, 4.69) is 10.4 Å². The summed E-state index contributed by atoms with van der Waals surface area (Å²) in [5.74, 6) is -0.723. The number of anilines is 1. The zero-order valence-corrected chi connectivity index (χ0v) is 10.5. The smallest absolute Gasteiger partial charge is 0.273 e. The van der Waals surface area contributed by atoms with Crippen molar-refractivity contribution in [3.05, 3.63) is 47.8 Å². The Morgan fingerprint density at radius 2 is 2.05 bits per heavy atom. The number of rotatable bonds is 4. The predicted molar refractivity (Wildman–Crippen MR) is 70.5 cm³/mol. The number of nitrogens with one attached hydrogen (secondary N) is 1. The highest BCUT2D eigenvalue weighted by atomic mass is 16.2. The van der Waals surface area contributed by atoms with Gasteiger partial charge in [0, 0.05) is 18.9 Å². The van der Waals surface area contributed by atoms with E-state index in [4.69, 9.17) is 5.73 Å². The first kappa shape index (κ1) is 12.8. The topological polar surface area (TPSA) is 90.0 Å². The van der Waals surface area contributed by atoms with E-state index in [-0.39, 0.29) is 12.3 Å². The van der Waals surface area contributed by atoms with Crippen LogP contribution in [-0.4, -0.2) is 21.6 Å². The number of aryl methyl sites for hydroxylation is 1. The van der Waals surface area contributed by atoms with Gasteiger partial charge in [-0.15, -0.1) is 0 Å². The van der Waals surface area contributed by atoms with Gasteiger partial charge < -0.3 is 11.1 Å². The zero-order chi connectivity index (χ0) is 13.8. The molecule has 3 N–H and O–H groups in total. The monoisotopic (exact) mass is 258 g/mol. The highest BCUT2D eigenvalue weighted by molar-refractivity contribution is 6.03. The van der Waals surface area contributed by atoms with E-state index < -0.39 is 5.91 Å². The highest BCUT2D eigenvalue weighted by Crippen LogP contribution is 2.16. The van der Waals surface area contributed by atoms with E-state index in [1.54, 1.807) is 43.6 Å². The molecular weight excluding hydrogens is 244 g/mol. The van der Waals surface area contributed by atoms with Crippen LogP contribution in [0, 0.1) is 0 Å². The second-order valence-electron chi connectivity index (χ2n) is 4.09. The second-order valence-corrected chi connectivity index (χ2v) is 4.09. The third-order valence-electron chi connectivity index (χ3n) is 2.68. The van der Waals surface area contributed by atoms with E-state index in [0.29, 0.717) is 16.9 Å². The molecule has 0 bridgehead atoms. The van der Waals surface area contributed by atoms with Crippen LogP contribution in [0.1, 0.15) is 16.1 Å². The molecule has 0 spiro atoms. The molecule has 0 saturated carbocycles. The SMILES string of the molecule is Cn1nccc1C(=O)Nc1ccccc1CC(N)=O. The molecule has 1 heterocycles. The van der Waals surface area contributed by atoms with Crippen molar-refractivity contribution in [3.8, 4) is 0 Å². The molecule has 0 aliphatic carbocycles.